The maximum absolute atomic E-state index is 12.7. The highest BCUT2D eigenvalue weighted by Gasteiger charge is 2.44. The number of piperidine rings is 1. The second-order valence-corrected chi connectivity index (χ2v) is 7.70. The van der Waals surface area contributed by atoms with Gasteiger partial charge in [0, 0.05) is 13.1 Å². The molecule has 0 radical (unpaired) electrons. The molecule has 5 nitrogen and oxygen atoms in total. The first-order valence-corrected chi connectivity index (χ1v) is 8.53. The minimum absolute atomic E-state index is 0.102. The lowest BCUT2D eigenvalue weighted by atomic mass is 10.2. The second-order valence-electron chi connectivity index (χ2n) is 5.53. The van der Waals surface area contributed by atoms with Crippen molar-refractivity contribution in [3.63, 3.8) is 0 Å². The van der Waals surface area contributed by atoms with E-state index in [9.17, 15) is 8.42 Å². The fraction of sp³-hybridized carbons (Fsp3) is 1.00. The number of hydrogen-bond donors (Lipinski definition) is 1. The van der Waals surface area contributed by atoms with Crippen molar-refractivity contribution in [1.82, 2.24) is 9.62 Å². The molecule has 1 N–H and O–H groups in total. The van der Waals surface area contributed by atoms with Crippen LogP contribution in [0.15, 0.2) is 0 Å². The SMILES string of the molecule is O=S(=O)(C1CCCNC1)N1CCOC2CCCC21. The summed E-state index contributed by atoms with van der Waals surface area (Å²) in [7, 11) is -3.15. The number of nitrogens with zero attached hydrogens (tertiary/aromatic N) is 1. The van der Waals surface area contributed by atoms with Crippen molar-refractivity contribution in [2.24, 2.45) is 0 Å². The predicted octanol–water partition coefficient (Wildman–Crippen LogP) is 0.321. The monoisotopic (exact) mass is 274 g/mol. The zero-order valence-electron chi connectivity index (χ0n) is 10.7. The summed E-state index contributed by atoms with van der Waals surface area (Å²) in [6.07, 6.45) is 4.96. The Morgan fingerprint density at radius 3 is 2.83 bits per heavy atom. The number of sulfonamides is 1. The van der Waals surface area contributed by atoms with Crippen LogP contribution in [0.25, 0.3) is 0 Å². The minimum Gasteiger partial charge on any atom is -0.375 e. The fourth-order valence-electron chi connectivity index (χ4n) is 3.47. The highest BCUT2D eigenvalue weighted by molar-refractivity contribution is 7.89. The predicted molar refractivity (Wildman–Crippen MR) is 68.9 cm³/mol. The molecule has 0 aromatic rings. The molecule has 6 heteroatoms. The first kappa shape index (κ1) is 12.8. The van der Waals surface area contributed by atoms with Crippen molar-refractivity contribution in [3.05, 3.63) is 0 Å². The van der Waals surface area contributed by atoms with E-state index in [4.69, 9.17) is 4.74 Å². The van der Waals surface area contributed by atoms with E-state index in [1.165, 1.54) is 0 Å². The number of fused-ring (bicyclic) bond motifs is 1. The summed E-state index contributed by atoms with van der Waals surface area (Å²) in [4.78, 5) is 0. The van der Waals surface area contributed by atoms with Gasteiger partial charge in [-0.2, -0.15) is 4.31 Å². The molecule has 1 aliphatic carbocycles. The van der Waals surface area contributed by atoms with Gasteiger partial charge in [-0.3, -0.25) is 0 Å². The lowest BCUT2D eigenvalue weighted by Gasteiger charge is -2.39. The normalized spacial score (nSPS) is 38.6. The Morgan fingerprint density at radius 1 is 1.17 bits per heavy atom. The summed E-state index contributed by atoms with van der Waals surface area (Å²) in [6.45, 7) is 2.65. The average molecular weight is 274 g/mol. The molecule has 3 rings (SSSR count). The van der Waals surface area contributed by atoms with Crippen molar-refractivity contribution >= 4 is 10.0 Å². The van der Waals surface area contributed by atoms with Crippen LogP contribution in [-0.2, 0) is 14.8 Å². The smallest absolute Gasteiger partial charge is 0.218 e. The van der Waals surface area contributed by atoms with Gasteiger partial charge in [-0.05, 0) is 38.6 Å². The lowest BCUT2D eigenvalue weighted by Crippen LogP contribution is -2.55. The standard InChI is InChI=1S/C12H22N2O3S/c15-18(16,10-3-2-6-13-9-10)14-7-8-17-12-5-1-4-11(12)14/h10-13H,1-9H2. The molecule has 2 saturated heterocycles. The topological polar surface area (TPSA) is 58.6 Å². The van der Waals surface area contributed by atoms with Gasteiger partial charge >= 0.3 is 0 Å². The van der Waals surface area contributed by atoms with Gasteiger partial charge in [0.25, 0.3) is 0 Å². The van der Waals surface area contributed by atoms with Crippen LogP contribution in [0.3, 0.4) is 0 Å². The highest BCUT2D eigenvalue weighted by atomic mass is 32.2. The molecule has 18 heavy (non-hydrogen) atoms. The summed E-state index contributed by atoms with van der Waals surface area (Å²) in [5.41, 5.74) is 0. The van der Waals surface area contributed by atoms with E-state index in [1.807, 2.05) is 0 Å². The number of nitrogens with one attached hydrogen (secondary N) is 1. The van der Waals surface area contributed by atoms with Gasteiger partial charge in [0.15, 0.2) is 0 Å². The first-order valence-electron chi connectivity index (χ1n) is 7.02. The van der Waals surface area contributed by atoms with Gasteiger partial charge < -0.3 is 10.1 Å². The van der Waals surface area contributed by atoms with E-state index in [1.54, 1.807) is 4.31 Å². The highest BCUT2D eigenvalue weighted by Crippen LogP contribution is 2.33. The van der Waals surface area contributed by atoms with Crippen LogP contribution >= 0.6 is 0 Å². The van der Waals surface area contributed by atoms with Gasteiger partial charge in [0.1, 0.15) is 0 Å². The molecule has 0 aromatic carbocycles. The van der Waals surface area contributed by atoms with Crippen molar-refractivity contribution in [2.75, 3.05) is 26.2 Å². The Labute approximate surface area is 109 Å². The van der Waals surface area contributed by atoms with E-state index < -0.39 is 10.0 Å². The largest absolute Gasteiger partial charge is 0.375 e. The fourth-order valence-corrected chi connectivity index (χ4v) is 5.60. The van der Waals surface area contributed by atoms with E-state index in [2.05, 4.69) is 5.32 Å². The van der Waals surface area contributed by atoms with Crippen molar-refractivity contribution in [3.8, 4) is 0 Å². The average Bonchev–Trinajstić information content (AvgIpc) is 2.87. The molecule has 104 valence electrons. The Balaban J connectivity index is 1.79. The number of ether oxygens (including phenoxy) is 1. The molecule has 0 amide bonds. The summed E-state index contributed by atoms with van der Waals surface area (Å²) >= 11 is 0. The Kier molecular flexibility index (Phi) is 3.62. The molecule has 2 heterocycles. The Bertz CT molecular complexity index is 392. The third-order valence-electron chi connectivity index (χ3n) is 4.43. The van der Waals surface area contributed by atoms with E-state index in [0.29, 0.717) is 19.7 Å². The van der Waals surface area contributed by atoms with Gasteiger partial charge in [-0.1, -0.05) is 0 Å². The van der Waals surface area contributed by atoms with Crippen molar-refractivity contribution < 1.29 is 13.2 Å². The molecule has 0 bridgehead atoms. The van der Waals surface area contributed by atoms with Crippen LogP contribution in [0.2, 0.25) is 0 Å². The third-order valence-corrected chi connectivity index (χ3v) is 6.78. The van der Waals surface area contributed by atoms with Crippen LogP contribution in [0, 0.1) is 0 Å². The zero-order valence-corrected chi connectivity index (χ0v) is 11.5. The number of rotatable bonds is 2. The maximum Gasteiger partial charge on any atom is 0.218 e. The molecule has 2 aliphatic heterocycles. The molecule has 0 aromatic heterocycles. The van der Waals surface area contributed by atoms with Gasteiger partial charge in [-0.15, -0.1) is 0 Å². The summed E-state index contributed by atoms with van der Waals surface area (Å²) < 4.78 is 32.9. The summed E-state index contributed by atoms with van der Waals surface area (Å²) in [5, 5.41) is 2.97. The van der Waals surface area contributed by atoms with Gasteiger partial charge in [-0.25, -0.2) is 8.42 Å². The molecule has 1 saturated carbocycles. The number of morpholine rings is 1. The van der Waals surface area contributed by atoms with Crippen molar-refractivity contribution in [1.29, 1.82) is 0 Å². The second kappa shape index (κ2) is 5.07. The molecule has 0 spiro atoms. The van der Waals surface area contributed by atoms with E-state index in [0.717, 1.165) is 38.6 Å². The summed E-state index contributed by atoms with van der Waals surface area (Å²) in [6, 6.07) is 0.102. The van der Waals surface area contributed by atoms with E-state index in [-0.39, 0.29) is 17.4 Å². The Morgan fingerprint density at radius 2 is 2.06 bits per heavy atom. The van der Waals surface area contributed by atoms with E-state index >= 15 is 0 Å². The van der Waals surface area contributed by atoms with Gasteiger partial charge in [0.05, 0.1) is 24.0 Å². The van der Waals surface area contributed by atoms with Crippen molar-refractivity contribution in [2.45, 2.75) is 49.5 Å². The van der Waals surface area contributed by atoms with Gasteiger partial charge in [0.2, 0.25) is 10.0 Å². The number of hydrogen-bond acceptors (Lipinski definition) is 4. The van der Waals surface area contributed by atoms with Crippen LogP contribution < -0.4 is 5.32 Å². The Hall–Kier alpha value is -0.170. The zero-order chi connectivity index (χ0) is 12.6. The molecule has 3 atom stereocenters. The minimum atomic E-state index is -3.15. The van der Waals surface area contributed by atoms with Crippen LogP contribution in [0.4, 0.5) is 0 Å². The molecule has 3 unspecified atom stereocenters. The lowest BCUT2D eigenvalue weighted by molar-refractivity contribution is -0.0245. The maximum atomic E-state index is 12.7. The summed E-state index contributed by atoms with van der Waals surface area (Å²) in [5.74, 6) is 0. The van der Waals surface area contributed by atoms with Crippen LogP contribution in [-0.4, -0.2) is 56.4 Å². The van der Waals surface area contributed by atoms with Crippen LogP contribution in [0.5, 0.6) is 0 Å². The molecule has 3 aliphatic rings. The van der Waals surface area contributed by atoms with Crippen LogP contribution in [0.1, 0.15) is 32.1 Å². The third kappa shape index (κ3) is 2.19. The first-order chi connectivity index (χ1) is 8.69. The molecular weight excluding hydrogens is 252 g/mol. The molecular formula is C12H22N2O3S. The quantitative estimate of drug-likeness (QED) is 0.788. The molecule has 3 fully saturated rings.